The number of hydrogen-bond donors (Lipinski definition) is 1. The van der Waals surface area contributed by atoms with Crippen LogP contribution in [0.1, 0.15) is 12.5 Å². The molecule has 0 aliphatic heterocycles. The Morgan fingerprint density at radius 1 is 1.45 bits per heavy atom. The minimum absolute atomic E-state index is 0.129. The Morgan fingerprint density at radius 3 is 2.82 bits per heavy atom. The Balaban J connectivity index is 2.83. The van der Waals surface area contributed by atoms with E-state index in [0.29, 0.717) is 0 Å². The highest BCUT2D eigenvalue weighted by Crippen LogP contribution is 1.94. The van der Waals surface area contributed by atoms with Crippen molar-refractivity contribution in [3.8, 4) is 0 Å². The van der Waals surface area contributed by atoms with Crippen LogP contribution < -0.4 is 9.83 Å². The van der Waals surface area contributed by atoms with Crippen LogP contribution in [-0.2, 0) is 6.42 Å². The van der Waals surface area contributed by atoms with Gasteiger partial charge in [-0.05, 0) is 17.2 Å². The lowest BCUT2D eigenvalue weighted by Crippen LogP contribution is -2.30. The van der Waals surface area contributed by atoms with Crippen LogP contribution in [0.4, 0.5) is 0 Å². The van der Waals surface area contributed by atoms with Crippen molar-refractivity contribution in [1.82, 2.24) is 4.65 Å². The maximum Gasteiger partial charge on any atom is 0.117 e. The molecule has 1 rings (SSSR count). The fraction of sp³-hybridized carbons (Fsp3) is 0.250. The lowest BCUT2D eigenvalue weighted by molar-refractivity contribution is 1.15. The predicted molar refractivity (Wildman–Crippen MR) is 57.1 cm³/mol. The first-order valence-electron chi connectivity index (χ1n) is 4.10. The summed E-state index contributed by atoms with van der Waals surface area (Å²) >= 11 is 0. The first-order valence-corrected chi connectivity index (χ1v) is 6.51. The van der Waals surface area contributed by atoms with Crippen LogP contribution in [0.5, 0.6) is 0 Å². The van der Waals surface area contributed by atoms with Gasteiger partial charge in [0.2, 0.25) is 0 Å². The third-order valence-electron chi connectivity index (χ3n) is 1.87. The van der Waals surface area contributed by atoms with Crippen LogP contribution in [0.3, 0.4) is 0 Å². The van der Waals surface area contributed by atoms with Crippen LogP contribution in [0.25, 0.3) is 0 Å². The Hall–Kier alpha value is -0.386. The van der Waals surface area contributed by atoms with E-state index in [0.717, 1.165) is 10.4 Å². The number of benzene rings is 1. The van der Waals surface area contributed by atoms with Crippen LogP contribution >= 0.6 is 0 Å². The minimum Gasteiger partial charge on any atom is -0.368 e. The molecule has 1 aromatic carbocycles. The summed E-state index contributed by atoms with van der Waals surface area (Å²) in [5.74, 6) is 0. The molecule has 0 aliphatic rings. The van der Waals surface area contributed by atoms with Crippen LogP contribution in [0.15, 0.2) is 24.3 Å². The summed E-state index contributed by atoms with van der Waals surface area (Å²) in [7, 11) is 1.01. The van der Waals surface area contributed by atoms with E-state index in [1.807, 2.05) is 0 Å². The molecule has 11 heavy (non-hydrogen) atoms. The number of hydrogen-bond acceptors (Lipinski definition) is 1. The second-order valence-electron chi connectivity index (χ2n) is 2.65. The Bertz CT molecular complexity index is 225. The maximum absolute atomic E-state index is 3.44. The third-order valence-corrected chi connectivity index (χ3v) is 4.35. The Kier molecular flexibility index (Phi) is 3.55. The highest BCUT2D eigenvalue weighted by Gasteiger charge is 1.96. The molecule has 0 aliphatic carbocycles. The highest BCUT2D eigenvalue weighted by atomic mass is 28.3. The zero-order valence-corrected chi connectivity index (χ0v) is 10.6. The van der Waals surface area contributed by atoms with Gasteiger partial charge in [-0.25, -0.2) is 0 Å². The molecule has 0 unspecified atom stereocenters. The van der Waals surface area contributed by atoms with E-state index < -0.39 is 0 Å². The number of nitrogens with one attached hydrogen (secondary N) is 1. The molecule has 1 N–H and O–H groups in total. The van der Waals surface area contributed by atoms with Crippen molar-refractivity contribution in [3.05, 3.63) is 29.8 Å². The van der Waals surface area contributed by atoms with Crippen LogP contribution in [-0.4, -0.2) is 20.1 Å². The van der Waals surface area contributed by atoms with Crippen molar-refractivity contribution in [2.45, 2.75) is 13.3 Å². The van der Waals surface area contributed by atoms with E-state index in [1.54, 1.807) is 5.19 Å². The fourth-order valence-electron chi connectivity index (χ4n) is 1.27. The second kappa shape index (κ2) is 4.48. The molecular formula is C8H15NSi2. The van der Waals surface area contributed by atoms with Gasteiger partial charge in [-0.15, -0.1) is 0 Å². The van der Waals surface area contributed by atoms with E-state index >= 15 is 0 Å². The highest BCUT2D eigenvalue weighted by molar-refractivity contribution is 6.56. The summed E-state index contributed by atoms with van der Waals surface area (Å²) in [6, 6.07) is 8.77. The van der Waals surface area contributed by atoms with Crippen molar-refractivity contribution in [2.24, 2.45) is 0 Å². The Labute approximate surface area is 73.6 Å². The molecule has 60 valence electrons. The van der Waals surface area contributed by atoms with Gasteiger partial charge in [0.25, 0.3) is 0 Å². The van der Waals surface area contributed by atoms with Gasteiger partial charge in [0.1, 0.15) is 9.68 Å². The van der Waals surface area contributed by atoms with Crippen molar-refractivity contribution < 1.29 is 0 Å². The van der Waals surface area contributed by atoms with Crippen molar-refractivity contribution in [1.29, 1.82) is 0 Å². The zero-order chi connectivity index (χ0) is 8.10. The molecule has 0 spiro atoms. The second-order valence-corrected chi connectivity index (χ2v) is 6.60. The fourth-order valence-corrected chi connectivity index (χ4v) is 3.64. The van der Waals surface area contributed by atoms with E-state index in [4.69, 9.17) is 0 Å². The number of rotatable bonds is 3. The molecule has 1 nitrogen and oxygen atoms in total. The molecule has 3 heteroatoms. The van der Waals surface area contributed by atoms with Gasteiger partial charge in [0.15, 0.2) is 0 Å². The summed E-state index contributed by atoms with van der Waals surface area (Å²) in [6.45, 7) is 2.22. The average molecular weight is 181 g/mol. The normalized spacial score (nSPS) is 11.4. The molecule has 0 fully saturated rings. The zero-order valence-electron chi connectivity index (χ0n) is 7.22. The summed E-state index contributed by atoms with van der Waals surface area (Å²) in [5, 5.41) is 1.59. The van der Waals surface area contributed by atoms with Gasteiger partial charge in [-0.2, -0.15) is 0 Å². The van der Waals surface area contributed by atoms with E-state index in [2.05, 4.69) is 35.8 Å². The summed E-state index contributed by atoms with van der Waals surface area (Å²) in [4.78, 5) is 0. The summed E-state index contributed by atoms with van der Waals surface area (Å²) in [6.07, 6.45) is 1.17. The van der Waals surface area contributed by atoms with Gasteiger partial charge in [-0.3, -0.25) is 0 Å². The summed E-state index contributed by atoms with van der Waals surface area (Å²) in [5.41, 5.74) is 1.53. The molecule has 0 heterocycles. The average Bonchev–Trinajstić information content (AvgIpc) is 2.06. The van der Waals surface area contributed by atoms with Crippen molar-refractivity contribution in [3.63, 3.8) is 0 Å². The maximum atomic E-state index is 3.44. The SMILES string of the molecule is CCc1ccccc1[SiH2]N[SiH3]. The monoisotopic (exact) mass is 181 g/mol. The van der Waals surface area contributed by atoms with E-state index in [9.17, 15) is 0 Å². The molecule has 1 aromatic rings. The molecule has 0 saturated heterocycles. The summed E-state index contributed by atoms with van der Waals surface area (Å²) < 4.78 is 3.44. The van der Waals surface area contributed by atoms with Crippen LogP contribution in [0.2, 0.25) is 0 Å². The van der Waals surface area contributed by atoms with Gasteiger partial charge < -0.3 is 4.65 Å². The van der Waals surface area contributed by atoms with Gasteiger partial charge in [0, 0.05) is 0 Å². The van der Waals surface area contributed by atoms with Crippen molar-refractivity contribution in [2.75, 3.05) is 0 Å². The molecule has 0 amide bonds. The van der Waals surface area contributed by atoms with Gasteiger partial charge in [-0.1, -0.05) is 31.2 Å². The smallest absolute Gasteiger partial charge is 0.117 e. The van der Waals surface area contributed by atoms with Gasteiger partial charge >= 0.3 is 0 Å². The molecular weight excluding hydrogens is 166 g/mol. The topological polar surface area (TPSA) is 12.0 Å². The molecule has 0 aromatic heterocycles. The first-order chi connectivity index (χ1) is 5.38. The van der Waals surface area contributed by atoms with E-state index in [1.165, 1.54) is 12.0 Å². The largest absolute Gasteiger partial charge is 0.368 e. The standard InChI is InChI=1S/C8H15NSi2/c1-2-7-5-3-4-6-8(7)11-9-10/h3-6,9H,2,11H2,1,10H3. The van der Waals surface area contributed by atoms with E-state index in [-0.39, 0.29) is 9.68 Å². The van der Waals surface area contributed by atoms with Crippen LogP contribution in [0, 0.1) is 0 Å². The Morgan fingerprint density at radius 2 is 2.18 bits per heavy atom. The molecule has 0 bridgehead atoms. The number of aryl methyl sites for hydroxylation is 1. The third kappa shape index (κ3) is 2.29. The van der Waals surface area contributed by atoms with Crippen molar-refractivity contribution >= 4 is 25.3 Å². The lowest BCUT2D eigenvalue weighted by Gasteiger charge is -2.04. The lowest BCUT2D eigenvalue weighted by atomic mass is 10.2. The molecule has 0 radical (unpaired) electrons. The molecule has 0 atom stereocenters. The predicted octanol–water partition coefficient (Wildman–Crippen LogP) is -1.17. The van der Waals surface area contributed by atoms with Gasteiger partial charge in [0.05, 0.1) is 10.4 Å². The first kappa shape index (κ1) is 8.71. The molecule has 0 saturated carbocycles. The quantitative estimate of drug-likeness (QED) is 0.580. The minimum atomic E-state index is -0.129.